The number of ether oxygens (including phenoxy) is 1. The number of carbonyl (C=O) groups is 1. The van der Waals surface area contributed by atoms with Crippen LogP contribution in [0.5, 0.6) is 5.75 Å². The second-order valence-electron chi connectivity index (χ2n) is 8.19. The number of aromatic nitrogens is 2. The molecule has 1 aliphatic rings. The van der Waals surface area contributed by atoms with Gasteiger partial charge >= 0.3 is 0 Å². The number of rotatable bonds is 8. The topological polar surface area (TPSA) is 47.4 Å². The van der Waals surface area contributed by atoms with Crippen LogP contribution in [0.3, 0.4) is 0 Å². The molecule has 1 aliphatic heterocycles. The first-order chi connectivity index (χ1) is 16.0. The Morgan fingerprint density at radius 3 is 2.48 bits per heavy atom. The van der Waals surface area contributed by atoms with Crippen LogP contribution in [-0.4, -0.2) is 38.1 Å². The molecule has 0 spiro atoms. The van der Waals surface area contributed by atoms with Gasteiger partial charge in [-0.2, -0.15) is 5.10 Å². The van der Waals surface area contributed by atoms with Crippen LogP contribution in [0.1, 0.15) is 32.8 Å². The molecule has 33 heavy (non-hydrogen) atoms. The van der Waals surface area contributed by atoms with Gasteiger partial charge in [0.2, 0.25) is 0 Å². The molecule has 0 aliphatic carbocycles. The number of hydrogen-bond donors (Lipinski definition) is 0. The monoisotopic (exact) mass is 477 g/mol. The number of likely N-dealkylation sites (N-methyl/N-ethyl adjacent to an activating group) is 1. The van der Waals surface area contributed by atoms with Gasteiger partial charge in [-0.25, -0.2) is 4.68 Å². The minimum absolute atomic E-state index is 0.0557. The number of para-hydroxylation sites is 1. The van der Waals surface area contributed by atoms with Gasteiger partial charge in [0, 0.05) is 23.9 Å². The van der Waals surface area contributed by atoms with E-state index in [2.05, 4.69) is 13.8 Å². The number of amides is 1. The summed E-state index contributed by atoms with van der Waals surface area (Å²) in [5.41, 5.74) is 3.57. The smallest absolute Gasteiger partial charge is 0.266 e. The lowest BCUT2D eigenvalue weighted by molar-refractivity contribution is -0.121. The molecule has 0 atom stereocenters. The predicted molar refractivity (Wildman–Crippen MR) is 140 cm³/mol. The van der Waals surface area contributed by atoms with Crippen molar-refractivity contribution < 1.29 is 9.53 Å². The highest BCUT2D eigenvalue weighted by Gasteiger charge is 2.31. The van der Waals surface area contributed by atoms with Crippen LogP contribution in [-0.2, 0) is 4.79 Å². The van der Waals surface area contributed by atoms with E-state index < -0.39 is 0 Å². The molecule has 1 saturated heterocycles. The van der Waals surface area contributed by atoms with Gasteiger partial charge in [-0.1, -0.05) is 56.0 Å². The van der Waals surface area contributed by atoms with Crippen LogP contribution in [0.25, 0.3) is 23.0 Å². The van der Waals surface area contributed by atoms with Crippen LogP contribution < -0.4 is 4.74 Å². The molecule has 1 amide bonds. The molecule has 0 saturated carbocycles. The highest BCUT2D eigenvalue weighted by molar-refractivity contribution is 8.26. The number of thioether (sulfide) groups is 1. The number of thiocarbonyl (C=S) groups is 1. The first-order valence-electron chi connectivity index (χ1n) is 11.1. The lowest BCUT2D eigenvalue weighted by Gasteiger charge is -2.09. The summed E-state index contributed by atoms with van der Waals surface area (Å²) in [6, 6.07) is 17.9. The largest absolute Gasteiger partial charge is 0.494 e. The number of nitrogens with zero attached hydrogens (tertiary/aromatic N) is 3. The molecule has 170 valence electrons. The summed E-state index contributed by atoms with van der Waals surface area (Å²) in [6.07, 6.45) is 4.86. The molecule has 0 radical (unpaired) electrons. The molecule has 1 fully saturated rings. The average molecular weight is 478 g/mol. The molecule has 0 unspecified atom stereocenters. The van der Waals surface area contributed by atoms with Crippen LogP contribution in [0.2, 0.25) is 0 Å². The van der Waals surface area contributed by atoms with Crippen molar-refractivity contribution in [1.82, 2.24) is 14.7 Å². The van der Waals surface area contributed by atoms with Crippen molar-refractivity contribution in [2.75, 3.05) is 13.2 Å². The third-order valence-corrected chi connectivity index (χ3v) is 6.71. The van der Waals surface area contributed by atoms with Crippen LogP contribution in [0.4, 0.5) is 0 Å². The Morgan fingerprint density at radius 1 is 1.12 bits per heavy atom. The predicted octanol–water partition coefficient (Wildman–Crippen LogP) is 6.19. The zero-order valence-corrected chi connectivity index (χ0v) is 20.7. The van der Waals surface area contributed by atoms with Gasteiger partial charge in [0.1, 0.15) is 10.1 Å². The quantitative estimate of drug-likeness (QED) is 0.286. The van der Waals surface area contributed by atoms with Gasteiger partial charge in [-0.3, -0.25) is 9.69 Å². The van der Waals surface area contributed by atoms with Crippen molar-refractivity contribution >= 4 is 40.3 Å². The fourth-order valence-corrected chi connectivity index (χ4v) is 4.84. The molecule has 0 N–H and O–H groups in total. The molecule has 2 aromatic carbocycles. The third-order valence-electron chi connectivity index (χ3n) is 5.33. The third kappa shape index (κ3) is 5.37. The highest BCUT2D eigenvalue weighted by Crippen LogP contribution is 2.35. The van der Waals surface area contributed by atoms with E-state index in [-0.39, 0.29) is 5.91 Å². The van der Waals surface area contributed by atoms with Gasteiger partial charge in [-0.15, -0.1) is 0 Å². The highest BCUT2D eigenvalue weighted by atomic mass is 32.2. The van der Waals surface area contributed by atoms with Crippen LogP contribution in [0, 0.1) is 5.92 Å². The van der Waals surface area contributed by atoms with E-state index in [4.69, 9.17) is 22.1 Å². The Labute approximate surface area is 204 Å². The Hall–Kier alpha value is -2.90. The van der Waals surface area contributed by atoms with Gasteiger partial charge in [-0.05, 0) is 61.7 Å². The van der Waals surface area contributed by atoms with E-state index >= 15 is 0 Å². The van der Waals surface area contributed by atoms with Crippen molar-refractivity contribution in [1.29, 1.82) is 0 Å². The van der Waals surface area contributed by atoms with Crippen molar-refractivity contribution in [3.8, 4) is 22.7 Å². The number of hydrogen-bond acceptors (Lipinski definition) is 5. The zero-order valence-electron chi connectivity index (χ0n) is 19.0. The average Bonchev–Trinajstić information content (AvgIpc) is 3.35. The second kappa shape index (κ2) is 10.4. The molecule has 2 heterocycles. The zero-order chi connectivity index (χ0) is 23.4. The summed E-state index contributed by atoms with van der Waals surface area (Å²) in [5.74, 6) is 1.39. The summed E-state index contributed by atoms with van der Waals surface area (Å²) in [7, 11) is 0. The fourth-order valence-electron chi connectivity index (χ4n) is 3.47. The van der Waals surface area contributed by atoms with Crippen molar-refractivity contribution in [3.05, 3.63) is 71.3 Å². The summed E-state index contributed by atoms with van der Waals surface area (Å²) in [4.78, 5) is 15.0. The van der Waals surface area contributed by atoms with E-state index in [0.717, 1.165) is 34.7 Å². The van der Waals surface area contributed by atoms with E-state index in [9.17, 15) is 4.79 Å². The van der Waals surface area contributed by atoms with Crippen molar-refractivity contribution in [3.63, 3.8) is 0 Å². The number of carbonyl (C=O) groups excluding carboxylic acids is 1. The molecule has 7 heteroatoms. The van der Waals surface area contributed by atoms with Crippen LogP contribution >= 0.6 is 24.0 Å². The van der Waals surface area contributed by atoms with E-state index in [0.29, 0.717) is 28.3 Å². The molecule has 5 nitrogen and oxygen atoms in total. The lowest BCUT2D eigenvalue weighted by atomic mass is 10.1. The maximum Gasteiger partial charge on any atom is 0.266 e. The van der Waals surface area contributed by atoms with E-state index in [1.807, 2.05) is 78.5 Å². The molecular formula is C26H27N3O2S2. The fraction of sp³-hybridized carbons (Fsp3) is 0.269. The van der Waals surface area contributed by atoms with E-state index in [1.54, 1.807) is 4.90 Å². The Balaban J connectivity index is 1.68. The maximum atomic E-state index is 12.8. The Morgan fingerprint density at radius 2 is 1.85 bits per heavy atom. The van der Waals surface area contributed by atoms with Gasteiger partial charge in [0.05, 0.1) is 22.9 Å². The first-order valence-corrected chi connectivity index (χ1v) is 12.3. The van der Waals surface area contributed by atoms with Crippen molar-refractivity contribution in [2.45, 2.75) is 27.2 Å². The summed E-state index contributed by atoms with van der Waals surface area (Å²) < 4.78 is 8.30. The van der Waals surface area contributed by atoms with Gasteiger partial charge in [0.25, 0.3) is 5.91 Å². The summed E-state index contributed by atoms with van der Waals surface area (Å²) in [5, 5.41) is 4.86. The summed E-state index contributed by atoms with van der Waals surface area (Å²) >= 11 is 6.71. The second-order valence-corrected chi connectivity index (χ2v) is 9.87. The SMILES string of the molecule is CCN1C(=O)/C(=C/c2cn(-c3ccccc3)nc2-c2ccc(OCCC(C)C)cc2)SC1=S. The maximum absolute atomic E-state index is 12.8. The number of benzene rings is 2. The van der Waals surface area contributed by atoms with Gasteiger partial charge < -0.3 is 4.74 Å². The Kier molecular flexibility index (Phi) is 7.30. The molecular weight excluding hydrogens is 450 g/mol. The van der Waals surface area contributed by atoms with E-state index in [1.165, 1.54) is 11.8 Å². The standard InChI is InChI=1S/C26H27N3O2S2/c1-4-28-25(30)23(33-26(28)32)16-20-17-29(21-8-6-5-7-9-21)27-24(20)19-10-12-22(13-11-19)31-15-14-18(2)3/h5-13,16-18H,4,14-15H2,1-3H3/b23-16-. The lowest BCUT2D eigenvalue weighted by Crippen LogP contribution is -2.27. The summed E-state index contributed by atoms with van der Waals surface area (Å²) in [6.45, 7) is 7.56. The Bertz CT molecular complexity index is 1170. The van der Waals surface area contributed by atoms with Gasteiger partial charge in [0.15, 0.2) is 0 Å². The normalized spacial score (nSPS) is 15.2. The molecule has 0 bridgehead atoms. The first kappa shape index (κ1) is 23.3. The van der Waals surface area contributed by atoms with Crippen LogP contribution in [0.15, 0.2) is 65.7 Å². The minimum Gasteiger partial charge on any atom is -0.494 e. The molecule has 4 rings (SSSR count). The van der Waals surface area contributed by atoms with Crippen molar-refractivity contribution in [2.24, 2.45) is 5.92 Å². The minimum atomic E-state index is -0.0557. The molecule has 3 aromatic rings. The molecule has 1 aromatic heterocycles.